The molecule has 1 aromatic carbocycles. The molecule has 0 radical (unpaired) electrons. The van der Waals surface area contributed by atoms with Crippen molar-refractivity contribution in [1.29, 1.82) is 0 Å². The molecule has 4 aromatic rings. The van der Waals surface area contributed by atoms with Crippen molar-refractivity contribution in [2.75, 3.05) is 12.4 Å². The van der Waals surface area contributed by atoms with E-state index in [4.69, 9.17) is 5.73 Å². The van der Waals surface area contributed by atoms with Gasteiger partial charge in [0.05, 0.1) is 27.7 Å². The van der Waals surface area contributed by atoms with Crippen molar-refractivity contribution in [2.24, 2.45) is 5.73 Å². The number of nitrogens with two attached hydrogens (primary N) is 1. The highest BCUT2D eigenvalue weighted by Gasteiger charge is 2.51. The second-order valence-corrected chi connectivity index (χ2v) is 8.09. The lowest BCUT2D eigenvalue weighted by molar-refractivity contribution is -0.120. The molecule has 33 heavy (non-hydrogen) atoms. The number of alkyl halides is 2. The molecule has 0 atom stereocenters. The van der Waals surface area contributed by atoms with E-state index in [9.17, 15) is 13.6 Å². The fourth-order valence-corrected chi connectivity index (χ4v) is 4.13. The summed E-state index contributed by atoms with van der Waals surface area (Å²) >= 11 is 0. The van der Waals surface area contributed by atoms with E-state index in [0.29, 0.717) is 46.5 Å². The van der Waals surface area contributed by atoms with Crippen LogP contribution < -0.4 is 11.1 Å². The minimum absolute atomic E-state index is 0.242. The van der Waals surface area contributed by atoms with Crippen LogP contribution in [0.4, 0.5) is 14.6 Å². The molecular formula is C24H20F2N6O. The van der Waals surface area contributed by atoms with E-state index in [0.717, 1.165) is 15.3 Å². The van der Waals surface area contributed by atoms with Gasteiger partial charge in [0.25, 0.3) is 0 Å². The number of pyridine rings is 2. The number of benzene rings is 1. The van der Waals surface area contributed by atoms with Gasteiger partial charge in [-0.1, -0.05) is 11.8 Å². The topological polar surface area (TPSA) is 98.7 Å². The van der Waals surface area contributed by atoms with Crippen LogP contribution in [0.1, 0.15) is 42.0 Å². The summed E-state index contributed by atoms with van der Waals surface area (Å²) in [4.78, 5) is 25.1. The number of carbonyl (C=O) groups excluding carboxylic acids is 1. The van der Waals surface area contributed by atoms with Gasteiger partial charge in [-0.25, -0.2) is 9.97 Å². The van der Waals surface area contributed by atoms with Gasteiger partial charge in [-0.3, -0.25) is 14.3 Å². The summed E-state index contributed by atoms with van der Waals surface area (Å²) < 4.78 is 27.5. The van der Waals surface area contributed by atoms with E-state index < -0.39 is 12.0 Å². The zero-order valence-corrected chi connectivity index (χ0v) is 18.0. The Hall–Kier alpha value is -4.06. The Morgan fingerprint density at radius 1 is 1.18 bits per heavy atom. The molecule has 0 saturated heterocycles. The fourth-order valence-electron chi connectivity index (χ4n) is 4.13. The molecule has 3 aromatic heterocycles. The predicted octanol–water partition coefficient (Wildman–Crippen LogP) is 3.64. The first kappa shape index (κ1) is 20.8. The molecule has 1 aliphatic carbocycles. The lowest BCUT2D eigenvalue weighted by atomic mass is 9.98. The van der Waals surface area contributed by atoms with Crippen molar-refractivity contribution in [3.8, 4) is 11.8 Å². The van der Waals surface area contributed by atoms with E-state index in [1.165, 1.54) is 0 Å². The van der Waals surface area contributed by atoms with Gasteiger partial charge < -0.3 is 11.1 Å². The van der Waals surface area contributed by atoms with E-state index in [-0.39, 0.29) is 11.7 Å². The van der Waals surface area contributed by atoms with Crippen molar-refractivity contribution >= 4 is 33.5 Å². The van der Waals surface area contributed by atoms with Crippen LogP contribution in [0.25, 0.3) is 21.8 Å². The molecule has 0 bridgehead atoms. The van der Waals surface area contributed by atoms with Crippen LogP contribution in [0.3, 0.4) is 0 Å². The van der Waals surface area contributed by atoms with E-state index >= 15 is 0 Å². The van der Waals surface area contributed by atoms with Gasteiger partial charge in [-0.05, 0) is 44.0 Å². The third-order valence-corrected chi connectivity index (χ3v) is 6.12. The lowest BCUT2D eigenvalue weighted by Gasteiger charge is -2.13. The summed E-state index contributed by atoms with van der Waals surface area (Å²) in [5.74, 6) is 6.71. The number of aryl methyl sites for hydroxylation is 1. The van der Waals surface area contributed by atoms with Crippen molar-refractivity contribution < 1.29 is 13.6 Å². The number of amides is 1. The molecule has 1 fully saturated rings. The lowest BCUT2D eigenvalue weighted by Crippen LogP contribution is -2.29. The Balaban J connectivity index is 1.60. The first-order chi connectivity index (χ1) is 15.8. The maximum atomic E-state index is 13.3. The number of hydrogen-bond acceptors (Lipinski definition) is 5. The third kappa shape index (κ3) is 3.35. The highest BCUT2D eigenvalue weighted by molar-refractivity contribution is 5.97. The van der Waals surface area contributed by atoms with Crippen molar-refractivity contribution in [3.63, 3.8) is 0 Å². The summed E-state index contributed by atoms with van der Waals surface area (Å²) in [6.07, 6.45) is 4.69. The van der Waals surface area contributed by atoms with E-state index in [1.54, 1.807) is 44.6 Å². The van der Waals surface area contributed by atoms with Crippen molar-refractivity contribution in [3.05, 3.63) is 59.3 Å². The Morgan fingerprint density at radius 3 is 2.64 bits per heavy atom. The predicted molar refractivity (Wildman–Crippen MR) is 121 cm³/mol. The number of fused-ring (bicyclic) bond motifs is 2. The number of rotatable bonds is 4. The smallest absolute Gasteiger partial charge is 0.320 e. The van der Waals surface area contributed by atoms with Crippen LogP contribution in [0.5, 0.6) is 0 Å². The highest BCUT2D eigenvalue weighted by atomic mass is 19.3. The number of halogens is 2. The molecule has 3 N–H and O–H groups in total. The quantitative estimate of drug-likeness (QED) is 0.467. The summed E-state index contributed by atoms with van der Waals surface area (Å²) in [5, 5.41) is 4.62. The molecule has 1 saturated carbocycles. The zero-order chi connectivity index (χ0) is 23.3. The first-order valence-corrected chi connectivity index (χ1v) is 10.4. The van der Waals surface area contributed by atoms with E-state index in [2.05, 4.69) is 32.1 Å². The summed E-state index contributed by atoms with van der Waals surface area (Å²) in [6, 6.07) is 6.82. The Morgan fingerprint density at radius 2 is 1.97 bits per heavy atom. The standard InChI is InChI=1S/C24H20F2N6O/c1-13-31-18-9-14(4-6-19(18)32(13)23(25)26)3-5-15-11-30-21(28-2)17-12-29-20(10-16(15)17)24(7-8-24)22(27)33/h4,6,9-12,23H,7-8H2,1-2H3,(H2,27,33)(H,28,30). The second kappa shape index (κ2) is 7.52. The molecule has 1 amide bonds. The molecule has 9 heteroatoms. The number of imidazole rings is 1. The fraction of sp³-hybridized carbons (Fsp3) is 0.250. The number of hydrogen-bond donors (Lipinski definition) is 2. The van der Waals surface area contributed by atoms with Gasteiger partial charge in [-0.2, -0.15) is 8.78 Å². The van der Waals surface area contributed by atoms with Crippen LogP contribution in [-0.4, -0.2) is 32.5 Å². The van der Waals surface area contributed by atoms with Crippen molar-refractivity contribution in [2.45, 2.75) is 31.7 Å². The average molecular weight is 446 g/mol. The minimum atomic E-state index is -2.66. The summed E-state index contributed by atoms with van der Waals surface area (Å²) in [5.41, 5.74) is 7.65. The second-order valence-electron chi connectivity index (χ2n) is 8.09. The number of primary amides is 1. The molecular weight excluding hydrogens is 426 g/mol. The zero-order valence-electron chi connectivity index (χ0n) is 18.0. The SMILES string of the molecule is CNc1ncc(C#Cc2ccc3c(c2)nc(C)n3C(F)F)c2cc(C3(C(N)=O)CC3)ncc12. The normalized spacial score (nSPS) is 14.3. The molecule has 3 heterocycles. The molecule has 7 nitrogen and oxygen atoms in total. The van der Waals surface area contributed by atoms with Crippen LogP contribution in [0.2, 0.25) is 0 Å². The van der Waals surface area contributed by atoms with Gasteiger partial charge in [0.2, 0.25) is 5.91 Å². The van der Waals surface area contributed by atoms with Gasteiger partial charge in [0.15, 0.2) is 0 Å². The Bertz CT molecular complexity index is 1490. The number of nitrogens with one attached hydrogen (secondary N) is 1. The maximum absolute atomic E-state index is 13.3. The van der Waals surface area contributed by atoms with Gasteiger partial charge in [0, 0.05) is 35.8 Å². The van der Waals surface area contributed by atoms with Crippen LogP contribution >= 0.6 is 0 Å². The third-order valence-electron chi connectivity index (χ3n) is 6.12. The summed E-state index contributed by atoms with van der Waals surface area (Å²) in [7, 11) is 1.77. The number of carbonyl (C=O) groups is 1. The Labute approximate surface area is 188 Å². The molecule has 5 rings (SSSR count). The Kier molecular flexibility index (Phi) is 4.74. The number of nitrogens with zero attached hydrogens (tertiary/aromatic N) is 4. The van der Waals surface area contributed by atoms with Gasteiger partial charge in [0.1, 0.15) is 11.6 Å². The molecule has 166 valence electrons. The van der Waals surface area contributed by atoms with Crippen LogP contribution in [0.15, 0.2) is 36.7 Å². The van der Waals surface area contributed by atoms with Crippen LogP contribution in [-0.2, 0) is 10.2 Å². The monoisotopic (exact) mass is 446 g/mol. The number of anilines is 1. The largest absolute Gasteiger partial charge is 0.373 e. The highest BCUT2D eigenvalue weighted by Crippen LogP contribution is 2.47. The molecule has 0 unspecified atom stereocenters. The molecule has 0 aliphatic heterocycles. The first-order valence-electron chi connectivity index (χ1n) is 10.4. The van der Waals surface area contributed by atoms with Gasteiger partial charge in [-0.15, -0.1) is 0 Å². The average Bonchev–Trinajstić information content (AvgIpc) is 3.54. The maximum Gasteiger partial charge on any atom is 0.320 e. The molecule has 1 aliphatic rings. The molecule has 0 spiro atoms. The van der Waals surface area contributed by atoms with E-state index in [1.807, 2.05) is 6.07 Å². The minimum Gasteiger partial charge on any atom is -0.373 e. The van der Waals surface area contributed by atoms with Crippen LogP contribution in [0, 0.1) is 18.8 Å². The number of aromatic nitrogens is 4. The van der Waals surface area contributed by atoms with Crippen molar-refractivity contribution in [1.82, 2.24) is 19.5 Å². The van der Waals surface area contributed by atoms with Gasteiger partial charge >= 0.3 is 6.55 Å². The summed E-state index contributed by atoms with van der Waals surface area (Å²) in [6.45, 7) is -1.11.